The van der Waals surface area contributed by atoms with Crippen LogP contribution < -0.4 is 5.01 Å². The van der Waals surface area contributed by atoms with Gasteiger partial charge in [0.2, 0.25) is 11.0 Å². The molecule has 0 N–H and O–H groups in total. The highest BCUT2D eigenvalue weighted by atomic mass is 32.2. The van der Waals surface area contributed by atoms with E-state index >= 15 is 0 Å². The molecule has 0 saturated carbocycles. The Labute approximate surface area is 188 Å². The zero-order valence-electron chi connectivity index (χ0n) is 16.9. The molecule has 0 atom stereocenters. The largest absolute Gasteiger partial charge is 0.272 e. The topological polar surface area (TPSA) is 45.6 Å². The number of hydrazone groups is 1. The lowest BCUT2D eigenvalue weighted by Gasteiger charge is -2.13. The molecule has 0 spiro atoms. The SMILES string of the molecule is Cc1ccc2nc(N(/N=C/c3ccc(F)cc3)C(=O)CCSc3ccccc3)sc2c1. The maximum Gasteiger partial charge on any atom is 0.250 e. The van der Waals surface area contributed by atoms with Crippen LogP contribution in [0.2, 0.25) is 0 Å². The van der Waals surface area contributed by atoms with Crippen LogP contribution in [0, 0.1) is 12.7 Å². The number of nitrogens with zero attached hydrogens (tertiary/aromatic N) is 3. The molecular formula is C24H20FN3OS2. The summed E-state index contributed by atoms with van der Waals surface area (Å²) in [7, 11) is 0. The van der Waals surface area contributed by atoms with Crippen molar-refractivity contribution in [1.82, 2.24) is 4.98 Å². The fraction of sp³-hybridized carbons (Fsp3) is 0.125. The first-order valence-corrected chi connectivity index (χ1v) is 11.6. The van der Waals surface area contributed by atoms with Gasteiger partial charge < -0.3 is 0 Å². The molecule has 7 heteroatoms. The zero-order valence-corrected chi connectivity index (χ0v) is 18.5. The third kappa shape index (κ3) is 5.57. The van der Waals surface area contributed by atoms with Crippen LogP contribution in [0.5, 0.6) is 0 Å². The predicted octanol–water partition coefficient (Wildman–Crippen LogP) is 6.29. The first-order valence-electron chi connectivity index (χ1n) is 9.76. The van der Waals surface area contributed by atoms with Crippen molar-refractivity contribution in [2.24, 2.45) is 5.10 Å². The molecule has 0 radical (unpaired) electrons. The molecule has 0 saturated heterocycles. The number of thiazole rings is 1. The van der Waals surface area contributed by atoms with Crippen LogP contribution in [0.25, 0.3) is 10.2 Å². The highest BCUT2D eigenvalue weighted by Gasteiger charge is 2.19. The summed E-state index contributed by atoms with van der Waals surface area (Å²) in [4.78, 5) is 18.8. The van der Waals surface area contributed by atoms with Crippen LogP contribution in [0.3, 0.4) is 0 Å². The van der Waals surface area contributed by atoms with Crippen LogP contribution in [-0.4, -0.2) is 22.9 Å². The van der Waals surface area contributed by atoms with Gasteiger partial charge in [0.1, 0.15) is 5.82 Å². The van der Waals surface area contributed by atoms with E-state index in [1.807, 2.05) is 55.5 Å². The molecule has 1 amide bonds. The summed E-state index contributed by atoms with van der Waals surface area (Å²) in [5, 5.41) is 6.29. The lowest BCUT2D eigenvalue weighted by Crippen LogP contribution is -2.25. The number of aromatic nitrogens is 1. The number of amides is 1. The molecule has 4 nitrogen and oxygen atoms in total. The van der Waals surface area contributed by atoms with Crippen LogP contribution in [0.15, 0.2) is 82.8 Å². The van der Waals surface area contributed by atoms with Crippen molar-refractivity contribution < 1.29 is 9.18 Å². The van der Waals surface area contributed by atoms with Gasteiger partial charge in [-0.1, -0.05) is 47.7 Å². The Morgan fingerprint density at radius 2 is 1.90 bits per heavy atom. The molecule has 4 rings (SSSR count). The average molecular weight is 450 g/mol. The molecule has 0 bridgehead atoms. The van der Waals surface area contributed by atoms with Gasteiger partial charge in [-0.2, -0.15) is 10.1 Å². The smallest absolute Gasteiger partial charge is 0.250 e. The average Bonchev–Trinajstić information content (AvgIpc) is 3.18. The van der Waals surface area contributed by atoms with Gasteiger partial charge in [0, 0.05) is 17.1 Å². The molecule has 0 unspecified atom stereocenters. The van der Waals surface area contributed by atoms with Gasteiger partial charge in [0.05, 0.1) is 16.4 Å². The highest BCUT2D eigenvalue weighted by Crippen LogP contribution is 2.30. The summed E-state index contributed by atoms with van der Waals surface area (Å²) in [6.07, 6.45) is 1.87. The van der Waals surface area contributed by atoms with Crippen molar-refractivity contribution >= 4 is 50.6 Å². The molecule has 0 fully saturated rings. The van der Waals surface area contributed by atoms with Gasteiger partial charge in [-0.15, -0.1) is 11.8 Å². The van der Waals surface area contributed by atoms with E-state index in [1.54, 1.807) is 30.1 Å². The molecule has 31 heavy (non-hydrogen) atoms. The van der Waals surface area contributed by atoms with E-state index in [1.165, 1.54) is 28.5 Å². The third-order valence-electron chi connectivity index (χ3n) is 4.47. The summed E-state index contributed by atoms with van der Waals surface area (Å²) in [5.41, 5.74) is 2.67. The molecule has 3 aromatic carbocycles. The number of fused-ring (bicyclic) bond motifs is 1. The second-order valence-electron chi connectivity index (χ2n) is 6.88. The van der Waals surface area contributed by atoms with Crippen molar-refractivity contribution in [3.63, 3.8) is 0 Å². The second-order valence-corrected chi connectivity index (χ2v) is 9.06. The summed E-state index contributed by atoms with van der Waals surface area (Å²) in [6, 6.07) is 21.9. The molecule has 0 aliphatic heterocycles. The van der Waals surface area contributed by atoms with Crippen LogP contribution in [-0.2, 0) is 4.79 Å². The van der Waals surface area contributed by atoms with Crippen molar-refractivity contribution in [3.05, 3.63) is 89.7 Å². The summed E-state index contributed by atoms with van der Waals surface area (Å²) in [6.45, 7) is 2.02. The van der Waals surface area contributed by atoms with Crippen LogP contribution in [0.4, 0.5) is 9.52 Å². The minimum Gasteiger partial charge on any atom is -0.272 e. The van der Waals surface area contributed by atoms with Crippen molar-refractivity contribution in [2.45, 2.75) is 18.2 Å². The van der Waals surface area contributed by atoms with Gasteiger partial charge in [-0.05, 0) is 54.4 Å². The molecule has 0 aliphatic carbocycles. The van der Waals surface area contributed by atoms with Crippen molar-refractivity contribution in [1.29, 1.82) is 0 Å². The van der Waals surface area contributed by atoms with E-state index in [0.717, 1.165) is 20.7 Å². The summed E-state index contributed by atoms with van der Waals surface area (Å²) >= 11 is 3.06. The normalized spacial score (nSPS) is 11.3. The number of carbonyl (C=O) groups is 1. The van der Waals surface area contributed by atoms with E-state index in [-0.39, 0.29) is 11.7 Å². The first-order chi connectivity index (χ1) is 15.1. The Morgan fingerprint density at radius 1 is 1.13 bits per heavy atom. The Morgan fingerprint density at radius 3 is 2.68 bits per heavy atom. The lowest BCUT2D eigenvalue weighted by atomic mass is 10.2. The summed E-state index contributed by atoms with van der Waals surface area (Å²) < 4.78 is 14.2. The van der Waals surface area contributed by atoms with E-state index < -0.39 is 0 Å². The fourth-order valence-electron chi connectivity index (χ4n) is 2.88. The monoisotopic (exact) mass is 449 g/mol. The Bertz CT molecular complexity index is 1210. The van der Waals surface area contributed by atoms with Crippen molar-refractivity contribution in [3.8, 4) is 0 Å². The zero-order chi connectivity index (χ0) is 21.6. The first kappa shape index (κ1) is 21.2. The number of halogens is 1. The number of rotatable bonds is 7. The Balaban J connectivity index is 1.56. The fourth-order valence-corrected chi connectivity index (χ4v) is 4.78. The number of thioether (sulfide) groups is 1. The number of anilines is 1. The molecule has 0 aliphatic rings. The minimum atomic E-state index is -0.315. The van der Waals surface area contributed by atoms with E-state index in [4.69, 9.17) is 0 Å². The van der Waals surface area contributed by atoms with Gasteiger partial charge in [-0.25, -0.2) is 9.37 Å². The number of carbonyl (C=O) groups excluding carboxylic acids is 1. The van der Waals surface area contributed by atoms with Crippen molar-refractivity contribution in [2.75, 3.05) is 10.8 Å². The number of aryl methyl sites for hydroxylation is 1. The molecule has 4 aromatic rings. The number of hydrogen-bond donors (Lipinski definition) is 0. The predicted molar refractivity (Wildman–Crippen MR) is 128 cm³/mol. The third-order valence-corrected chi connectivity index (χ3v) is 6.48. The summed E-state index contributed by atoms with van der Waals surface area (Å²) in [5.74, 6) is 0.178. The molecular weight excluding hydrogens is 429 g/mol. The van der Waals surface area contributed by atoms with Crippen LogP contribution in [0.1, 0.15) is 17.5 Å². The molecule has 156 valence electrons. The van der Waals surface area contributed by atoms with Gasteiger partial charge in [0.15, 0.2) is 0 Å². The van der Waals surface area contributed by atoms with E-state index in [9.17, 15) is 9.18 Å². The van der Waals surface area contributed by atoms with Gasteiger partial charge >= 0.3 is 0 Å². The quantitative estimate of drug-likeness (QED) is 0.189. The molecule has 1 heterocycles. The van der Waals surface area contributed by atoms with E-state index in [2.05, 4.69) is 10.1 Å². The van der Waals surface area contributed by atoms with Crippen LogP contribution >= 0.6 is 23.1 Å². The maximum absolute atomic E-state index is 13.2. The minimum absolute atomic E-state index is 0.141. The number of benzene rings is 3. The Kier molecular flexibility index (Phi) is 6.74. The standard InChI is InChI=1S/C24H20FN3OS2/c1-17-7-12-21-22(15-17)31-24(27-21)28(26-16-18-8-10-19(25)11-9-18)23(29)13-14-30-20-5-3-2-4-6-20/h2-12,15-16H,13-14H2,1H3/b26-16+. The second kappa shape index (κ2) is 9.85. The number of hydrogen-bond acceptors (Lipinski definition) is 5. The van der Waals surface area contributed by atoms with E-state index in [0.29, 0.717) is 22.9 Å². The lowest BCUT2D eigenvalue weighted by molar-refractivity contribution is -0.118. The maximum atomic E-state index is 13.2. The molecule has 1 aromatic heterocycles. The van der Waals surface area contributed by atoms with Gasteiger partial charge in [-0.3, -0.25) is 4.79 Å². The Hall–Kier alpha value is -3.03. The highest BCUT2D eigenvalue weighted by molar-refractivity contribution is 7.99. The van der Waals surface area contributed by atoms with Gasteiger partial charge in [0.25, 0.3) is 0 Å².